The summed E-state index contributed by atoms with van der Waals surface area (Å²) < 4.78 is 22.0. The maximum Gasteiger partial charge on any atom is 0.192 e. The first-order valence-electron chi connectivity index (χ1n) is 6.39. The molecule has 0 saturated heterocycles. The molecule has 0 spiro atoms. The minimum absolute atomic E-state index is 0.0659. The molecule has 1 rings (SSSR count). The predicted octanol–water partition coefficient (Wildman–Crippen LogP) is -0.511. The summed E-state index contributed by atoms with van der Waals surface area (Å²) in [4.78, 5) is 0. The smallest absolute Gasteiger partial charge is 0.192 e. The molecule has 1 fully saturated rings. The Labute approximate surface area is 112 Å². The highest BCUT2D eigenvalue weighted by atomic mass is 28.1. The van der Waals surface area contributed by atoms with Crippen LogP contribution in [0.1, 0.15) is 19.3 Å². The van der Waals surface area contributed by atoms with Gasteiger partial charge in [-0.15, -0.1) is 0 Å². The van der Waals surface area contributed by atoms with Crippen LogP contribution in [0.3, 0.4) is 0 Å². The molecule has 0 heterocycles. The third-order valence-corrected chi connectivity index (χ3v) is 5.46. The van der Waals surface area contributed by atoms with Gasteiger partial charge in [0.1, 0.15) is 0 Å². The molecule has 0 radical (unpaired) electrons. The SMILES string of the molecule is COC1CCC(C(OC)(OC)C([SiH3])OC)CC1O. The van der Waals surface area contributed by atoms with Gasteiger partial charge in [0.25, 0.3) is 0 Å². The van der Waals surface area contributed by atoms with E-state index in [1.165, 1.54) is 0 Å². The molecule has 0 aromatic heterocycles. The molecule has 0 aromatic rings. The van der Waals surface area contributed by atoms with Gasteiger partial charge in [-0.05, 0) is 19.3 Å². The summed E-state index contributed by atoms with van der Waals surface area (Å²) in [5.41, 5.74) is -0.0659. The van der Waals surface area contributed by atoms with Crippen LogP contribution in [0.5, 0.6) is 0 Å². The van der Waals surface area contributed by atoms with Crippen LogP contribution >= 0.6 is 0 Å². The summed E-state index contributed by atoms with van der Waals surface area (Å²) in [5, 5.41) is 10.1. The van der Waals surface area contributed by atoms with Crippen molar-refractivity contribution in [2.24, 2.45) is 5.92 Å². The fourth-order valence-corrected chi connectivity index (χ4v) is 3.95. The van der Waals surface area contributed by atoms with E-state index in [-0.39, 0.29) is 17.7 Å². The second-order valence-corrected chi connectivity index (χ2v) is 5.91. The van der Waals surface area contributed by atoms with Crippen molar-refractivity contribution in [3.05, 3.63) is 0 Å². The van der Waals surface area contributed by atoms with Crippen molar-refractivity contribution < 1.29 is 24.1 Å². The highest BCUT2D eigenvalue weighted by Crippen LogP contribution is 2.38. The molecule has 0 aromatic carbocycles. The maximum absolute atomic E-state index is 10.1. The van der Waals surface area contributed by atoms with Crippen molar-refractivity contribution >= 4 is 10.2 Å². The molecule has 6 heteroatoms. The Kier molecular flexibility index (Phi) is 6.23. The fourth-order valence-electron chi connectivity index (χ4n) is 3.00. The third kappa shape index (κ3) is 2.95. The minimum Gasteiger partial charge on any atom is -0.390 e. The molecular formula is C12H26O5Si. The molecule has 4 unspecified atom stereocenters. The fraction of sp³-hybridized carbons (Fsp3) is 1.00. The van der Waals surface area contributed by atoms with Crippen molar-refractivity contribution in [2.45, 2.75) is 43.0 Å². The molecule has 1 aliphatic rings. The molecule has 0 aliphatic heterocycles. The van der Waals surface area contributed by atoms with E-state index in [0.717, 1.165) is 23.1 Å². The molecule has 108 valence electrons. The largest absolute Gasteiger partial charge is 0.390 e. The standard InChI is InChI=1S/C12H26O5Si/c1-14-10-6-5-8(7-9(10)13)12(16-3,17-4)11(18)15-2/h8-11,13H,5-7H2,1-4,18H3. The third-order valence-electron chi connectivity index (χ3n) is 4.18. The molecule has 18 heavy (non-hydrogen) atoms. The van der Waals surface area contributed by atoms with E-state index in [1.807, 2.05) is 0 Å². The number of hydrogen-bond donors (Lipinski definition) is 1. The van der Waals surface area contributed by atoms with Gasteiger partial charge in [0.15, 0.2) is 5.79 Å². The van der Waals surface area contributed by atoms with Crippen molar-refractivity contribution in [2.75, 3.05) is 28.4 Å². The van der Waals surface area contributed by atoms with Crippen molar-refractivity contribution in [3.8, 4) is 0 Å². The lowest BCUT2D eigenvalue weighted by Gasteiger charge is -2.45. The van der Waals surface area contributed by atoms with E-state index in [1.54, 1.807) is 28.4 Å². The first-order chi connectivity index (χ1) is 8.55. The average Bonchev–Trinajstić information content (AvgIpc) is 2.40. The van der Waals surface area contributed by atoms with Crippen LogP contribution in [-0.4, -0.2) is 67.5 Å². The molecule has 1 aliphatic carbocycles. The van der Waals surface area contributed by atoms with Gasteiger partial charge in [-0.2, -0.15) is 0 Å². The second kappa shape index (κ2) is 6.98. The Hall–Kier alpha value is 0.0169. The lowest BCUT2D eigenvalue weighted by molar-refractivity contribution is -0.285. The first-order valence-corrected chi connectivity index (χ1v) is 7.55. The number of hydrogen-bond acceptors (Lipinski definition) is 5. The molecule has 0 amide bonds. The molecule has 4 atom stereocenters. The molecule has 0 bridgehead atoms. The normalized spacial score (nSPS) is 31.5. The van der Waals surface area contributed by atoms with Gasteiger partial charge in [0.2, 0.25) is 0 Å². The Balaban J connectivity index is 2.82. The average molecular weight is 278 g/mol. The number of aliphatic hydroxyl groups excluding tert-OH is 1. The molecule has 5 nitrogen and oxygen atoms in total. The van der Waals surface area contributed by atoms with Crippen LogP contribution in [0, 0.1) is 5.92 Å². The van der Waals surface area contributed by atoms with Gasteiger partial charge in [-0.1, -0.05) is 0 Å². The van der Waals surface area contributed by atoms with Gasteiger partial charge < -0.3 is 24.1 Å². The van der Waals surface area contributed by atoms with E-state index in [2.05, 4.69) is 0 Å². The number of ether oxygens (including phenoxy) is 4. The van der Waals surface area contributed by atoms with Crippen molar-refractivity contribution in [1.82, 2.24) is 0 Å². The van der Waals surface area contributed by atoms with Crippen LogP contribution in [-0.2, 0) is 18.9 Å². The molecular weight excluding hydrogens is 252 g/mol. The summed E-state index contributed by atoms with van der Waals surface area (Å²) in [7, 11) is 7.39. The second-order valence-electron chi connectivity index (χ2n) is 4.86. The quantitative estimate of drug-likeness (QED) is 0.524. The van der Waals surface area contributed by atoms with E-state index in [9.17, 15) is 5.11 Å². The van der Waals surface area contributed by atoms with Crippen LogP contribution in [0.4, 0.5) is 0 Å². The topological polar surface area (TPSA) is 57.2 Å². The Morgan fingerprint density at radius 3 is 2.17 bits per heavy atom. The molecule has 1 saturated carbocycles. The van der Waals surface area contributed by atoms with Crippen LogP contribution < -0.4 is 0 Å². The minimum atomic E-state index is -0.749. The first kappa shape index (κ1) is 16.1. The summed E-state index contributed by atoms with van der Waals surface area (Å²) in [6, 6.07) is 0. The van der Waals surface area contributed by atoms with Crippen LogP contribution in [0.2, 0.25) is 0 Å². The summed E-state index contributed by atoms with van der Waals surface area (Å²) in [5.74, 6) is -0.628. The van der Waals surface area contributed by atoms with Gasteiger partial charge in [0, 0.05) is 44.6 Å². The highest BCUT2D eigenvalue weighted by molar-refractivity contribution is 6.11. The summed E-state index contributed by atoms with van der Waals surface area (Å²) in [6.45, 7) is 0. The van der Waals surface area contributed by atoms with E-state index >= 15 is 0 Å². The van der Waals surface area contributed by atoms with E-state index < -0.39 is 11.9 Å². The Bertz CT molecular complexity index is 247. The number of methoxy groups -OCH3 is 4. The van der Waals surface area contributed by atoms with Crippen LogP contribution in [0.15, 0.2) is 0 Å². The van der Waals surface area contributed by atoms with Gasteiger partial charge >= 0.3 is 0 Å². The zero-order chi connectivity index (χ0) is 13.8. The zero-order valence-corrected chi connectivity index (χ0v) is 14.0. The lowest BCUT2D eigenvalue weighted by Crippen LogP contribution is -2.56. The van der Waals surface area contributed by atoms with Gasteiger partial charge in [-0.3, -0.25) is 0 Å². The van der Waals surface area contributed by atoms with E-state index in [4.69, 9.17) is 18.9 Å². The lowest BCUT2D eigenvalue weighted by atomic mass is 9.80. The van der Waals surface area contributed by atoms with Crippen molar-refractivity contribution in [1.29, 1.82) is 0 Å². The van der Waals surface area contributed by atoms with Gasteiger partial charge in [-0.25, -0.2) is 0 Å². The number of aliphatic hydroxyl groups is 1. The predicted molar refractivity (Wildman–Crippen MR) is 71.6 cm³/mol. The summed E-state index contributed by atoms with van der Waals surface area (Å²) >= 11 is 0. The highest BCUT2D eigenvalue weighted by Gasteiger charge is 2.48. The Morgan fingerprint density at radius 2 is 1.78 bits per heavy atom. The Morgan fingerprint density at radius 1 is 1.17 bits per heavy atom. The summed E-state index contributed by atoms with van der Waals surface area (Å²) in [6.07, 6.45) is 1.78. The molecule has 1 N–H and O–H groups in total. The number of rotatable bonds is 6. The van der Waals surface area contributed by atoms with Gasteiger partial charge in [0.05, 0.1) is 17.9 Å². The maximum atomic E-state index is 10.1. The monoisotopic (exact) mass is 278 g/mol. The van der Waals surface area contributed by atoms with E-state index in [0.29, 0.717) is 6.42 Å². The van der Waals surface area contributed by atoms with Crippen LogP contribution in [0.25, 0.3) is 0 Å². The zero-order valence-electron chi connectivity index (χ0n) is 12.0. The van der Waals surface area contributed by atoms with Crippen molar-refractivity contribution in [3.63, 3.8) is 0 Å².